The van der Waals surface area contributed by atoms with Gasteiger partial charge in [0.2, 0.25) is 0 Å². The van der Waals surface area contributed by atoms with E-state index in [0.29, 0.717) is 6.61 Å². The van der Waals surface area contributed by atoms with Crippen LogP contribution in [-0.4, -0.2) is 81.7 Å². The maximum absolute atomic E-state index is 7.17. The van der Waals surface area contributed by atoms with Crippen molar-refractivity contribution in [2.24, 2.45) is 5.73 Å². The molecule has 3 fully saturated rings. The Balaban J connectivity index is 1.11. The highest BCUT2D eigenvalue weighted by Crippen LogP contribution is 2.38. The topological polar surface area (TPSA) is 118 Å². The third-order valence-corrected chi connectivity index (χ3v) is 10.8. The molecule has 0 radical (unpaired) electrons. The second-order valence-electron chi connectivity index (χ2n) is 15.0. The van der Waals surface area contributed by atoms with E-state index in [2.05, 4.69) is 0 Å². The van der Waals surface area contributed by atoms with Crippen LogP contribution in [0.1, 0.15) is 34.1 Å². The fourth-order valence-corrected chi connectivity index (χ4v) is 7.76. The van der Waals surface area contributed by atoms with Crippen LogP contribution in [0.25, 0.3) is 0 Å². The molecule has 0 aliphatic carbocycles. The summed E-state index contributed by atoms with van der Waals surface area (Å²) in [5, 5.41) is 0. The van der Waals surface area contributed by atoms with Gasteiger partial charge in [0.1, 0.15) is 42.7 Å². The van der Waals surface area contributed by atoms with Gasteiger partial charge in [-0.05, 0) is 22.3 Å². The van der Waals surface area contributed by atoms with Gasteiger partial charge in [-0.3, -0.25) is 0 Å². The van der Waals surface area contributed by atoms with Gasteiger partial charge in [0.15, 0.2) is 18.9 Å². The van der Waals surface area contributed by atoms with Crippen molar-refractivity contribution in [1.29, 1.82) is 0 Å². The van der Waals surface area contributed by atoms with Crippen LogP contribution in [0.3, 0.4) is 0 Å². The Labute approximate surface area is 346 Å². The molecule has 2 N–H and O–H groups in total. The first-order chi connectivity index (χ1) is 29.1. The molecular formula is C48H53NO10. The molecule has 1 unspecified atom stereocenters. The predicted octanol–water partition coefficient (Wildman–Crippen LogP) is 6.88. The van der Waals surface area contributed by atoms with Crippen molar-refractivity contribution in [1.82, 2.24) is 0 Å². The van der Waals surface area contributed by atoms with E-state index in [1.54, 1.807) is 7.11 Å². The molecule has 0 spiro atoms. The van der Waals surface area contributed by atoms with Crippen LogP contribution in [0.4, 0.5) is 0 Å². The third kappa shape index (κ3) is 10.7. The molecule has 0 saturated carbocycles. The number of nitrogens with two attached hydrogens (primary N) is 1. The number of ether oxygens (including phenoxy) is 10. The highest BCUT2D eigenvalue weighted by Gasteiger charge is 2.54. The average Bonchev–Trinajstić information content (AvgIpc) is 3.29. The van der Waals surface area contributed by atoms with E-state index < -0.39 is 67.6 Å². The van der Waals surface area contributed by atoms with Gasteiger partial charge >= 0.3 is 0 Å². The van der Waals surface area contributed by atoms with E-state index in [-0.39, 0.29) is 33.0 Å². The molecule has 11 atom stereocenters. The molecule has 3 heterocycles. The van der Waals surface area contributed by atoms with Crippen LogP contribution in [0.5, 0.6) is 0 Å². The summed E-state index contributed by atoms with van der Waals surface area (Å²) in [5.41, 5.74) is 12.0. The van der Waals surface area contributed by atoms with Crippen LogP contribution >= 0.6 is 0 Å². The summed E-state index contributed by atoms with van der Waals surface area (Å²) in [6, 6.07) is 49.0. The highest BCUT2D eigenvalue weighted by atomic mass is 16.8. The molecule has 310 valence electrons. The Morgan fingerprint density at radius 1 is 0.525 bits per heavy atom. The summed E-state index contributed by atoms with van der Waals surface area (Å²) in [7, 11) is 1.60. The Kier molecular flexibility index (Phi) is 14.6. The Morgan fingerprint density at radius 3 is 1.56 bits per heavy atom. The van der Waals surface area contributed by atoms with Crippen molar-refractivity contribution in [2.75, 3.05) is 20.3 Å². The molecule has 3 aliphatic heterocycles. The molecule has 3 saturated heterocycles. The van der Waals surface area contributed by atoms with Crippen LogP contribution in [-0.2, 0) is 73.8 Å². The lowest BCUT2D eigenvalue weighted by atomic mass is 9.94. The fraction of sp³-hybridized carbons (Fsp3) is 0.375. The quantitative estimate of drug-likeness (QED) is 0.106. The molecule has 0 amide bonds. The molecule has 5 aromatic carbocycles. The number of hydrogen-bond acceptors (Lipinski definition) is 11. The van der Waals surface area contributed by atoms with Crippen molar-refractivity contribution >= 4 is 0 Å². The summed E-state index contributed by atoms with van der Waals surface area (Å²) in [5.74, 6) is 0. The normalized spacial score (nSPS) is 29.4. The van der Waals surface area contributed by atoms with Gasteiger partial charge in [0.25, 0.3) is 0 Å². The minimum atomic E-state index is -0.989. The largest absolute Gasteiger partial charge is 0.374 e. The maximum atomic E-state index is 7.17. The van der Waals surface area contributed by atoms with Gasteiger partial charge in [-0.1, -0.05) is 152 Å². The van der Waals surface area contributed by atoms with Gasteiger partial charge in [0, 0.05) is 12.7 Å². The van der Waals surface area contributed by atoms with Crippen molar-refractivity contribution in [3.63, 3.8) is 0 Å². The van der Waals surface area contributed by atoms with Gasteiger partial charge in [-0.25, -0.2) is 0 Å². The summed E-state index contributed by atoms with van der Waals surface area (Å²) in [6.07, 6.45) is -7.22. The Morgan fingerprint density at radius 2 is 1.02 bits per heavy atom. The minimum Gasteiger partial charge on any atom is -0.374 e. The second-order valence-corrected chi connectivity index (χ2v) is 15.0. The molecule has 5 aromatic rings. The van der Waals surface area contributed by atoms with E-state index in [1.165, 1.54) is 0 Å². The standard InChI is InChI=1S/C48H53NO10/c1-50-47-45(54-30-36-23-13-5-14-24-36)44(53-29-35-21-11-4-12-22-35)42(38(56-47)31-51-27-33-17-7-2-8-18-33)59-48-43(52-28-34-19-9-3-10-20-34)40(49)41-39(57-48)32-55-46(58-41)37-25-15-6-16-26-37/h2-26,38-48H,27-32,49H2,1H3/t38-,39-,40+,41-,42-,43+,44+,45-,46?,47+,48+/m1/s1. The number of rotatable bonds is 17. The van der Waals surface area contributed by atoms with E-state index in [9.17, 15) is 0 Å². The maximum Gasteiger partial charge on any atom is 0.186 e. The average molecular weight is 804 g/mol. The van der Waals surface area contributed by atoms with Crippen molar-refractivity contribution < 1.29 is 47.4 Å². The van der Waals surface area contributed by atoms with Gasteiger partial charge in [0.05, 0.1) is 45.7 Å². The number of methoxy groups -OCH3 is 1. The Bertz CT molecular complexity index is 1950. The smallest absolute Gasteiger partial charge is 0.186 e. The molecule has 8 rings (SSSR count). The number of benzene rings is 5. The first-order valence-electron chi connectivity index (χ1n) is 20.3. The van der Waals surface area contributed by atoms with Crippen molar-refractivity contribution in [2.45, 2.75) is 94.1 Å². The van der Waals surface area contributed by atoms with E-state index in [1.807, 2.05) is 152 Å². The minimum absolute atomic E-state index is 0.154. The zero-order valence-corrected chi connectivity index (χ0v) is 33.2. The van der Waals surface area contributed by atoms with Crippen LogP contribution in [0.2, 0.25) is 0 Å². The molecule has 3 aliphatic rings. The molecule has 0 aromatic heterocycles. The monoisotopic (exact) mass is 803 g/mol. The zero-order chi connectivity index (χ0) is 40.2. The molecule has 0 bridgehead atoms. The fourth-order valence-electron chi connectivity index (χ4n) is 7.76. The molecule has 11 nitrogen and oxygen atoms in total. The lowest BCUT2D eigenvalue weighted by Gasteiger charge is -2.51. The third-order valence-electron chi connectivity index (χ3n) is 10.8. The highest BCUT2D eigenvalue weighted by molar-refractivity contribution is 5.18. The second kappa shape index (κ2) is 20.8. The first kappa shape index (κ1) is 41.4. The lowest BCUT2D eigenvalue weighted by molar-refractivity contribution is -0.381. The summed E-state index contributed by atoms with van der Waals surface area (Å²) < 4.78 is 66.0. The summed E-state index contributed by atoms with van der Waals surface area (Å²) >= 11 is 0. The van der Waals surface area contributed by atoms with Gasteiger partial charge < -0.3 is 53.1 Å². The van der Waals surface area contributed by atoms with Crippen LogP contribution in [0.15, 0.2) is 152 Å². The molecule has 59 heavy (non-hydrogen) atoms. The number of fused-ring (bicyclic) bond motifs is 1. The summed E-state index contributed by atoms with van der Waals surface area (Å²) in [4.78, 5) is 0. The molecule has 11 heteroatoms. The lowest BCUT2D eigenvalue weighted by Crippen LogP contribution is -2.68. The van der Waals surface area contributed by atoms with Gasteiger partial charge in [-0.2, -0.15) is 0 Å². The van der Waals surface area contributed by atoms with Crippen molar-refractivity contribution in [3.8, 4) is 0 Å². The molecular weight excluding hydrogens is 751 g/mol. The summed E-state index contributed by atoms with van der Waals surface area (Å²) in [6.45, 7) is 1.58. The van der Waals surface area contributed by atoms with E-state index in [4.69, 9.17) is 53.1 Å². The Hall–Kier alpha value is -4.34. The van der Waals surface area contributed by atoms with Gasteiger partial charge in [-0.15, -0.1) is 0 Å². The van der Waals surface area contributed by atoms with Crippen molar-refractivity contribution in [3.05, 3.63) is 179 Å². The zero-order valence-electron chi connectivity index (χ0n) is 33.2. The number of hydrogen-bond donors (Lipinski definition) is 1. The SMILES string of the molecule is CO[C@H]1O[C@H](COCc2ccccc2)[C@@H](O[C@@H]2O[C@@H]3COC(c4ccccc4)O[C@H]3[C@H](N)[C@@H]2OCc2ccccc2)[C@H](OCc2ccccc2)[C@H]1OCc1ccccc1. The van der Waals surface area contributed by atoms with E-state index >= 15 is 0 Å². The predicted molar refractivity (Wildman–Crippen MR) is 218 cm³/mol. The van der Waals surface area contributed by atoms with Crippen LogP contribution < -0.4 is 5.73 Å². The first-order valence-corrected chi connectivity index (χ1v) is 20.3. The van der Waals surface area contributed by atoms with E-state index in [0.717, 1.165) is 27.8 Å². The van der Waals surface area contributed by atoms with Crippen LogP contribution in [0, 0.1) is 0 Å².